The van der Waals surface area contributed by atoms with E-state index < -0.39 is 0 Å². The molecule has 0 aliphatic carbocycles. The lowest BCUT2D eigenvalue weighted by molar-refractivity contribution is 0.628. The first-order chi connectivity index (χ1) is 10.0. The molecule has 0 bridgehead atoms. The van der Waals surface area contributed by atoms with Crippen LogP contribution in [0.25, 0.3) is 0 Å². The van der Waals surface area contributed by atoms with E-state index in [2.05, 4.69) is 43.6 Å². The zero-order valence-electron chi connectivity index (χ0n) is 11.9. The average molecular weight is 354 g/mol. The number of nitrogens with zero attached hydrogens (tertiary/aromatic N) is 2. The molecular formula is C14H17BrFN5. The van der Waals surface area contributed by atoms with Crippen LogP contribution in [-0.4, -0.2) is 9.97 Å². The van der Waals surface area contributed by atoms with Gasteiger partial charge in [-0.2, -0.15) is 0 Å². The molecule has 1 heterocycles. The Balaban J connectivity index is 2.42. The zero-order chi connectivity index (χ0) is 15.4. The van der Waals surface area contributed by atoms with Crippen molar-refractivity contribution in [3.05, 3.63) is 39.9 Å². The van der Waals surface area contributed by atoms with Crippen molar-refractivity contribution >= 4 is 33.3 Å². The van der Waals surface area contributed by atoms with Gasteiger partial charge in [0.2, 0.25) is 0 Å². The molecule has 1 aromatic heterocycles. The third-order valence-electron chi connectivity index (χ3n) is 2.98. The summed E-state index contributed by atoms with van der Waals surface area (Å²) in [6.45, 7) is 3.90. The SMILES string of the molecule is CCCc1nc(NN)c(C)c(Nc2cc(F)ccc2Br)n1. The number of nitrogen functional groups attached to an aromatic ring is 1. The van der Waals surface area contributed by atoms with Gasteiger partial charge in [0.1, 0.15) is 23.3 Å². The maximum Gasteiger partial charge on any atom is 0.148 e. The molecule has 0 saturated carbocycles. The van der Waals surface area contributed by atoms with Crippen molar-refractivity contribution in [2.75, 3.05) is 10.7 Å². The first kappa shape index (κ1) is 15.7. The molecule has 21 heavy (non-hydrogen) atoms. The van der Waals surface area contributed by atoms with Crippen molar-refractivity contribution in [1.82, 2.24) is 9.97 Å². The number of hydrogen-bond acceptors (Lipinski definition) is 5. The van der Waals surface area contributed by atoms with E-state index >= 15 is 0 Å². The molecule has 112 valence electrons. The van der Waals surface area contributed by atoms with Gasteiger partial charge in [-0.05, 0) is 47.5 Å². The summed E-state index contributed by atoms with van der Waals surface area (Å²) in [5.74, 6) is 7.02. The summed E-state index contributed by atoms with van der Waals surface area (Å²) in [4.78, 5) is 8.83. The highest BCUT2D eigenvalue weighted by Gasteiger charge is 2.12. The number of hydrogen-bond donors (Lipinski definition) is 3. The van der Waals surface area contributed by atoms with Crippen molar-refractivity contribution in [2.24, 2.45) is 5.84 Å². The van der Waals surface area contributed by atoms with Crippen LogP contribution in [0.1, 0.15) is 24.7 Å². The third kappa shape index (κ3) is 3.68. The molecule has 0 aliphatic rings. The van der Waals surface area contributed by atoms with E-state index in [-0.39, 0.29) is 5.82 Å². The summed E-state index contributed by atoms with van der Waals surface area (Å²) in [7, 11) is 0. The van der Waals surface area contributed by atoms with E-state index in [4.69, 9.17) is 5.84 Å². The highest BCUT2D eigenvalue weighted by Crippen LogP contribution is 2.29. The number of halogens is 2. The van der Waals surface area contributed by atoms with Crippen LogP contribution in [0.15, 0.2) is 22.7 Å². The van der Waals surface area contributed by atoms with Gasteiger partial charge in [0, 0.05) is 16.5 Å². The van der Waals surface area contributed by atoms with E-state index in [1.54, 1.807) is 6.07 Å². The standard InChI is InChI=1S/C14H17BrFN5/c1-3-4-12-19-13(8(2)14(20-12)21-17)18-11-7-9(16)5-6-10(11)15/h5-7H,3-4,17H2,1-2H3,(H2,18,19,20,21). The lowest BCUT2D eigenvalue weighted by Gasteiger charge is -2.14. The van der Waals surface area contributed by atoms with E-state index in [0.717, 1.165) is 22.9 Å². The Morgan fingerprint density at radius 1 is 1.29 bits per heavy atom. The smallest absolute Gasteiger partial charge is 0.148 e. The molecule has 2 rings (SSSR count). The predicted molar refractivity (Wildman–Crippen MR) is 86.0 cm³/mol. The molecule has 4 N–H and O–H groups in total. The van der Waals surface area contributed by atoms with Crippen molar-refractivity contribution in [3.63, 3.8) is 0 Å². The van der Waals surface area contributed by atoms with Crippen LogP contribution in [0.5, 0.6) is 0 Å². The van der Waals surface area contributed by atoms with Gasteiger partial charge in [0.15, 0.2) is 0 Å². The summed E-state index contributed by atoms with van der Waals surface area (Å²) in [6, 6.07) is 4.43. The van der Waals surface area contributed by atoms with Gasteiger partial charge in [-0.15, -0.1) is 0 Å². The minimum Gasteiger partial charge on any atom is -0.339 e. The number of nitrogens with two attached hydrogens (primary N) is 1. The lowest BCUT2D eigenvalue weighted by atomic mass is 10.2. The number of rotatable bonds is 5. The van der Waals surface area contributed by atoms with E-state index in [0.29, 0.717) is 23.1 Å². The lowest BCUT2D eigenvalue weighted by Crippen LogP contribution is -2.14. The van der Waals surface area contributed by atoms with Gasteiger partial charge in [-0.25, -0.2) is 20.2 Å². The quantitative estimate of drug-likeness (QED) is 0.564. The number of nitrogens with one attached hydrogen (secondary N) is 2. The van der Waals surface area contributed by atoms with E-state index in [9.17, 15) is 4.39 Å². The molecule has 0 amide bonds. The maximum atomic E-state index is 13.4. The van der Waals surface area contributed by atoms with Crippen LogP contribution in [-0.2, 0) is 6.42 Å². The van der Waals surface area contributed by atoms with Crippen molar-refractivity contribution in [3.8, 4) is 0 Å². The molecule has 0 saturated heterocycles. The minimum atomic E-state index is -0.321. The Bertz CT molecular complexity index is 648. The first-order valence-electron chi connectivity index (χ1n) is 6.61. The molecule has 0 aliphatic heterocycles. The van der Waals surface area contributed by atoms with Gasteiger partial charge in [-0.3, -0.25) is 0 Å². The molecule has 0 radical (unpaired) electrons. The molecule has 2 aromatic rings. The molecule has 7 heteroatoms. The van der Waals surface area contributed by atoms with Crippen LogP contribution in [0.4, 0.5) is 21.7 Å². The second-order valence-electron chi connectivity index (χ2n) is 4.61. The zero-order valence-corrected chi connectivity index (χ0v) is 13.5. The fourth-order valence-electron chi connectivity index (χ4n) is 1.88. The Kier molecular flexibility index (Phi) is 5.08. The normalized spacial score (nSPS) is 10.5. The van der Waals surface area contributed by atoms with Gasteiger partial charge < -0.3 is 10.7 Å². The highest BCUT2D eigenvalue weighted by atomic mass is 79.9. The Morgan fingerprint density at radius 2 is 2.00 bits per heavy atom. The molecule has 5 nitrogen and oxygen atoms in total. The van der Waals surface area contributed by atoms with Crippen LogP contribution in [0, 0.1) is 12.7 Å². The summed E-state index contributed by atoms with van der Waals surface area (Å²) >= 11 is 3.38. The molecular weight excluding hydrogens is 337 g/mol. The van der Waals surface area contributed by atoms with E-state index in [1.807, 2.05) is 6.92 Å². The van der Waals surface area contributed by atoms with Gasteiger partial charge in [0.05, 0.1) is 5.69 Å². The fourth-order valence-corrected chi connectivity index (χ4v) is 2.23. The van der Waals surface area contributed by atoms with Gasteiger partial charge >= 0.3 is 0 Å². The number of aryl methyl sites for hydroxylation is 1. The monoisotopic (exact) mass is 353 g/mol. The second kappa shape index (κ2) is 6.82. The van der Waals surface area contributed by atoms with Crippen LogP contribution in [0.2, 0.25) is 0 Å². The molecule has 1 aromatic carbocycles. The number of hydrazine groups is 1. The largest absolute Gasteiger partial charge is 0.339 e. The molecule has 0 spiro atoms. The Hall–Kier alpha value is -1.73. The highest BCUT2D eigenvalue weighted by molar-refractivity contribution is 9.10. The van der Waals surface area contributed by atoms with Crippen LogP contribution < -0.4 is 16.6 Å². The third-order valence-corrected chi connectivity index (χ3v) is 3.68. The summed E-state index contributed by atoms with van der Waals surface area (Å²) < 4.78 is 14.1. The van der Waals surface area contributed by atoms with Gasteiger partial charge in [-0.1, -0.05) is 6.92 Å². The maximum absolute atomic E-state index is 13.4. The van der Waals surface area contributed by atoms with Crippen molar-refractivity contribution in [1.29, 1.82) is 0 Å². The fraction of sp³-hybridized carbons (Fsp3) is 0.286. The minimum absolute atomic E-state index is 0.321. The molecule has 0 atom stereocenters. The van der Waals surface area contributed by atoms with Crippen LogP contribution in [0.3, 0.4) is 0 Å². The Morgan fingerprint density at radius 3 is 2.67 bits per heavy atom. The van der Waals surface area contributed by atoms with Crippen LogP contribution >= 0.6 is 15.9 Å². The van der Waals surface area contributed by atoms with Gasteiger partial charge in [0.25, 0.3) is 0 Å². The molecule has 0 unspecified atom stereocenters. The summed E-state index contributed by atoms with van der Waals surface area (Å²) in [6.07, 6.45) is 1.67. The number of anilines is 3. The topological polar surface area (TPSA) is 75.9 Å². The number of aromatic nitrogens is 2. The summed E-state index contributed by atoms with van der Waals surface area (Å²) in [5, 5.41) is 3.12. The second-order valence-corrected chi connectivity index (χ2v) is 5.46. The Labute approximate surface area is 131 Å². The van der Waals surface area contributed by atoms with E-state index in [1.165, 1.54) is 12.1 Å². The van der Waals surface area contributed by atoms with Crippen molar-refractivity contribution < 1.29 is 4.39 Å². The molecule has 0 fully saturated rings. The van der Waals surface area contributed by atoms with Crippen molar-refractivity contribution in [2.45, 2.75) is 26.7 Å². The number of benzene rings is 1. The average Bonchev–Trinajstić information content (AvgIpc) is 2.46. The first-order valence-corrected chi connectivity index (χ1v) is 7.40. The predicted octanol–water partition coefficient (Wildman–Crippen LogP) is 3.67. The summed E-state index contributed by atoms with van der Waals surface area (Å²) in [5.41, 5.74) is 3.94.